The number of hydroxylamine groups is 2. The van der Waals surface area contributed by atoms with Crippen molar-refractivity contribution in [3.05, 3.63) is 47.5 Å². The van der Waals surface area contributed by atoms with E-state index in [1.807, 2.05) is 12.2 Å². The second-order valence-electron chi connectivity index (χ2n) is 4.54. The Bertz CT molecular complexity index is 566. The van der Waals surface area contributed by atoms with Crippen LogP contribution < -0.4 is 0 Å². The maximum Gasteiger partial charge on any atom is 0.337 e. The topological polar surface area (TPSA) is 55.8 Å². The molecule has 0 radical (unpaired) electrons. The Kier molecular flexibility index (Phi) is 2.83. The maximum atomic E-state index is 12.3. The molecule has 1 saturated heterocycles. The molecule has 2 atom stereocenters. The first-order chi connectivity index (χ1) is 9.19. The molecule has 98 valence electrons. The predicted molar refractivity (Wildman–Crippen MR) is 66.4 cm³/mol. The Morgan fingerprint density at radius 3 is 2.74 bits per heavy atom. The molecular weight excluding hydrogens is 246 g/mol. The van der Waals surface area contributed by atoms with Crippen LogP contribution in [0.4, 0.5) is 0 Å². The largest absolute Gasteiger partial charge is 0.465 e. The highest BCUT2D eigenvalue weighted by atomic mass is 16.7. The molecule has 0 unspecified atom stereocenters. The van der Waals surface area contributed by atoms with Crippen LogP contribution in [0.5, 0.6) is 0 Å². The van der Waals surface area contributed by atoms with Crippen LogP contribution in [0.25, 0.3) is 0 Å². The molecule has 0 N–H and O–H groups in total. The van der Waals surface area contributed by atoms with Gasteiger partial charge in [0.15, 0.2) is 0 Å². The minimum atomic E-state index is -0.460. The molecule has 1 aliphatic heterocycles. The fourth-order valence-electron chi connectivity index (χ4n) is 2.35. The molecule has 1 amide bonds. The number of methoxy groups -OCH3 is 1. The number of rotatable bonds is 2. The van der Waals surface area contributed by atoms with E-state index in [-0.39, 0.29) is 18.1 Å². The zero-order chi connectivity index (χ0) is 13.4. The van der Waals surface area contributed by atoms with E-state index >= 15 is 0 Å². The van der Waals surface area contributed by atoms with E-state index in [0.717, 1.165) is 6.42 Å². The summed E-state index contributed by atoms with van der Waals surface area (Å²) in [5.41, 5.74) is 0.775. The summed E-state index contributed by atoms with van der Waals surface area (Å²) >= 11 is 0. The smallest absolute Gasteiger partial charge is 0.337 e. The van der Waals surface area contributed by atoms with Crippen LogP contribution in [0.2, 0.25) is 0 Å². The summed E-state index contributed by atoms with van der Waals surface area (Å²) in [5, 5.41) is 1.38. The van der Waals surface area contributed by atoms with Gasteiger partial charge in [-0.2, -0.15) is 0 Å². The van der Waals surface area contributed by atoms with E-state index in [4.69, 9.17) is 4.84 Å². The molecular formula is C14H13NO4. The van der Waals surface area contributed by atoms with Gasteiger partial charge in [0.1, 0.15) is 6.10 Å². The highest BCUT2D eigenvalue weighted by Crippen LogP contribution is 2.30. The third kappa shape index (κ3) is 2.02. The van der Waals surface area contributed by atoms with Crippen LogP contribution in [0.15, 0.2) is 36.4 Å². The lowest BCUT2D eigenvalue weighted by Gasteiger charge is -2.22. The molecule has 2 aliphatic rings. The molecule has 1 aliphatic carbocycles. The molecule has 1 heterocycles. The molecule has 0 saturated carbocycles. The zero-order valence-corrected chi connectivity index (χ0v) is 10.4. The first-order valence-electron chi connectivity index (χ1n) is 6.06. The van der Waals surface area contributed by atoms with Crippen molar-refractivity contribution in [1.29, 1.82) is 0 Å². The molecule has 19 heavy (non-hydrogen) atoms. The monoisotopic (exact) mass is 259 g/mol. The molecule has 1 fully saturated rings. The van der Waals surface area contributed by atoms with Crippen molar-refractivity contribution in [3.8, 4) is 0 Å². The summed E-state index contributed by atoms with van der Waals surface area (Å²) in [7, 11) is 1.31. The van der Waals surface area contributed by atoms with Gasteiger partial charge in [0.25, 0.3) is 5.91 Å². The first-order valence-corrected chi connectivity index (χ1v) is 6.06. The lowest BCUT2D eigenvalue weighted by Crippen LogP contribution is -2.34. The number of benzene rings is 1. The van der Waals surface area contributed by atoms with Gasteiger partial charge in [0.05, 0.1) is 18.7 Å². The van der Waals surface area contributed by atoms with Crippen molar-refractivity contribution in [2.75, 3.05) is 7.11 Å². The van der Waals surface area contributed by atoms with Crippen LogP contribution in [0.3, 0.4) is 0 Å². The Morgan fingerprint density at radius 1 is 1.32 bits per heavy atom. The highest BCUT2D eigenvalue weighted by Gasteiger charge is 2.38. The van der Waals surface area contributed by atoms with Gasteiger partial charge >= 0.3 is 5.97 Å². The number of carbonyl (C=O) groups is 2. The summed E-state index contributed by atoms with van der Waals surface area (Å²) in [5.74, 6) is -0.694. The second-order valence-corrected chi connectivity index (χ2v) is 4.54. The van der Waals surface area contributed by atoms with Gasteiger partial charge in [-0.05, 0) is 18.2 Å². The first kappa shape index (κ1) is 11.9. The number of hydrogen-bond acceptors (Lipinski definition) is 4. The zero-order valence-electron chi connectivity index (χ0n) is 10.4. The summed E-state index contributed by atoms with van der Waals surface area (Å²) in [4.78, 5) is 29.2. The van der Waals surface area contributed by atoms with Crippen molar-refractivity contribution in [2.45, 2.75) is 18.6 Å². The number of esters is 1. The van der Waals surface area contributed by atoms with E-state index in [0.29, 0.717) is 11.1 Å². The lowest BCUT2D eigenvalue weighted by molar-refractivity contribution is -0.114. The van der Waals surface area contributed by atoms with Crippen molar-refractivity contribution >= 4 is 11.9 Å². The number of amides is 1. The van der Waals surface area contributed by atoms with Crippen molar-refractivity contribution < 1.29 is 19.2 Å². The van der Waals surface area contributed by atoms with Crippen LogP contribution in [0.1, 0.15) is 27.1 Å². The quantitative estimate of drug-likeness (QED) is 0.597. The minimum absolute atomic E-state index is 0.000664. The summed E-state index contributed by atoms with van der Waals surface area (Å²) in [6.45, 7) is 0. The molecule has 2 bridgehead atoms. The summed E-state index contributed by atoms with van der Waals surface area (Å²) < 4.78 is 4.64. The van der Waals surface area contributed by atoms with E-state index in [1.54, 1.807) is 18.2 Å². The minimum Gasteiger partial charge on any atom is -0.465 e. The highest BCUT2D eigenvalue weighted by molar-refractivity contribution is 5.97. The van der Waals surface area contributed by atoms with Crippen LogP contribution in [-0.4, -0.2) is 36.2 Å². The number of hydrogen-bond donors (Lipinski definition) is 0. The van der Waals surface area contributed by atoms with Crippen molar-refractivity contribution in [1.82, 2.24) is 5.06 Å². The third-order valence-corrected chi connectivity index (χ3v) is 3.30. The van der Waals surface area contributed by atoms with Crippen molar-refractivity contribution in [2.24, 2.45) is 0 Å². The van der Waals surface area contributed by atoms with Gasteiger partial charge in [-0.3, -0.25) is 9.63 Å². The van der Waals surface area contributed by atoms with Gasteiger partial charge in [-0.15, -0.1) is 0 Å². The van der Waals surface area contributed by atoms with Crippen molar-refractivity contribution in [3.63, 3.8) is 0 Å². The van der Waals surface area contributed by atoms with E-state index in [2.05, 4.69) is 4.74 Å². The van der Waals surface area contributed by atoms with Crippen LogP contribution >= 0.6 is 0 Å². The van der Waals surface area contributed by atoms with Gasteiger partial charge < -0.3 is 4.74 Å². The van der Waals surface area contributed by atoms with E-state index in [9.17, 15) is 9.59 Å². The summed E-state index contributed by atoms with van der Waals surface area (Å²) in [6, 6.07) is 6.45. The van der Waals surface area contributed by atoms with Crippen LogP contribution in [-0.2, 0) is 9.57 Å². The second kappa shape index (κ2) is 4.51. The Hall–Kier alpha value is -2.14. The van der Waals surface area contributed by atoms with Gasteiger partial charge in [0, 0.05) is 12.0 Å². The standard InChI is InChI=1S/C14H13NO4/c1-18-14(17)10-4-2-3-9(7-10)13(16)15-11-5-6-12(8-11)19-15/h2-7,11-12H,8H2,1H3/t11-,12+/m1/s1. The van der Waals surface area contributed by atoms with Gasteiger partial charge in [-0.1, -0.05) is 18.2 Å². The molecule has 5 nitrogen and oxygen atoms in total. The fraction of sp³-hybridized carbons (Fsp3) is 0.286. The molecule has 0 spiro atoms. The molecule has 5 heteroatoms. The molecule has 1 aromatic rings. The average Bonchev–Trinajstić information content (AvgIpc) is 3.08. The van der Waals surface area contributed by atoms with Gasteiger partial charge in [0.2, 0.25) is 0 Å². The molecule has 0 aromatic heterocycles. The Labute approximate surface area is 110 Å². The summed E-state index contributed by atoms with van der Waals surface area (Å²) in [6.07, 6.45) is 4.73. The molecule has 3 rings (SSSR count). The number of nitrogens with zero attached hydrogens (tertiary/aromatic N) is 1. The maximum absolute atomic E-state index is 12.3. The fourth-order valence-corrected chi connectivity index (χ4v) is 2.35. The predicted octanol–water partition coefficient (Wildman–Crippen LogP) is 1.56. The Balaban J connectivity index is 1.84. The molecule has 1 aromatic carbocycles. The number of ether oxygens (including phenoxy) is 1. The normalized spacial score (nSPS) is 23.7. The Morgan fingerprint density at radius 2 is 2.11 bits per heavy atom. The van der Waals surface area contributed by atoms with E-state index < -0.39 is 5.97 Å². The van der Waals surface area contributed by atoms with Crippen LogP contribution in [0, 0.1) is 0 Å². The SMILES string of the molecule is COC(=O)c1cccc(C(=O)N2O[C@H]3C=C[C@@H]2C3)c1. The van der Waals surface area contributed by atoms with E-state index in [1.165, 1.54) is 18.2 Å². The lowest BCUT2D eigenvalue weighted by atomic mass is 10.1. The third-order valence-electron chi connectivity index (χ3n) is 3.30. The van der Waals surface area contributed by atoms with Gasteiger partial charge in [-0.25, -0.2) is 9.86 Å². The average molecular weight is 259 g/mol. The number of carbonyl (C=O) groups excluding carboxylic acids is 2. The number of fused-ring (bicyclic) bond motifs is 2.